The Bertz CT molecular complexity index is 2460. The summed E-state index contributed by atoms with van der Waals surface area (Å²) in [4.78, 5) is 15.5. The number of fused-ring (bicyclic) bond motifs is 3. The fourth-order valence-electron chi connectivity index (χ4n) is 6.90. The van der Waals surface area contributed by atoms with Gasteiger partial charge in [0.05, 0.1) is 11.0 Å². The third-order valence-corrected chi connectivity index (χ3v) is 9.20. The van der Waals surface area contributed by atoms with Crippen LogP contribution in [0.3, 0.4) is 0 Å². The highest BCUT2D eigenvalue weighted by molar-refractivity contribution is 6.15. The van der Waals surface area contributed by atoms with Gasteiger partial charge < -0.3 is 9.47 Å². The molecule has 0 spiro atoms. The molecule has 0 aliphatic heterocycles. The third-order valence-electron chi connectivity index (χ3n) is 9.20. The summed E-state index contributed by atoms with van der Waals surface area (Å²) in [5.74, 6) is 0.703. The highest BCUT2D eigenvalue weighted by Gasteiger charge is 2.21. The summed E-state index contributed by atoms with van der Waals surface area (Å²) in [7, 11) is 0. The minimum absolute atomic E-state index is 0.703. The van der Waals surface area contributed by atoms with Gasteiger partial charge >= 0.3 is 0 Å². The molecule has 0 aliphatic carbocycles. The molecule has 5 heteroatoms. The number of anilines is 3. The zero-order valence-corrected chi connectivity index (χ0v) is 27.1. The number of aromatic nitrogens is 4. The summed E-state index contributed by atoms with van der Waals surface area (Å²) in [6.45, 7) is 0. The number of para-hydroxylation sites is 2. The molecule has 5 nitrogen and oxygen atoms in total. The highest BCUT2D eigenvalue weighted by Crippen LogP contribution is 2.44. The maximum atomic E-state index is 4.48. The molecule has 0 aliphatic rings. The van der Waals surface area contributed by atoms with Gasteiger partial charge in [-0.15, -0.1) is 0 Å². The first-order chi connectivity index (χ1) is 24.8. The fourth-order valence-corrected chi connectivity index (χ4v) is 6.90. The van der Waals surface area contributed by atoms with Gasteiger partial charge in [0.15, 0.2) is 5.82 Å². The summed E-state index contributed by atoms with van der Waals surface area (Å²) in [5.41, 5.74) is 12.2. The predicted molar refractivity (Wildman–Crippen MR) is 205 cm³/mol. The molecule has 0 saturated heterocycles. The number of pyridine rings is 1. The lowest BCUT2D eigenvalue weighted by atomic mass is 9.99. The van der Waals surface area contributed by atoms with Crippen LogP contribution in [0.4, 0.5) is 17.1 Å². The van der Waals surface area contributed by atoms with Crippen molar-refractivity contribution >= 4 is 38.9 Å². The van der Waals surface area contributed by atoms with Crippen LogP contribution >= 0.6 is 0 Å². The van der Waals surface area contributed by atoms with E-state index in [-0.39, 0.29) is 0 Å². The molecule has 9 aromatic rings. The first-order valence-electron chi connectivity index (χ1n) is 16.7. The number of hydrogen-bond donors (Lipinski definition) is 0. The maximum Gasteiger partial charge on any atom is 0.159 e. The molecule has 0 bridgehead atoms. The summed E-state index contributed by atoms with van der Waals surface area (Å²) < 4.78 is 2.40. The standard InChI is InChI=1S/C45H31N5/c1-3-10-34(11-4-1)41-30-39(31-42-40-14-7-8-15-43(40)50(44(41)42)36-12-5-2-6-13-36)49(37-20-16-32(17-21-37)33-24-28-46-29-25-33)38-22-18-35(19-23-38)45-47-26-9-27-48-45/h1-31H. The van der Waals surface area contributed by atoms with E-state index in [2.05, 4.69) is 170 Å². The summed E-state index contributed by atoms with van der Waals surface area (Å²) >= 11 is 0. The molecule has 0 radical (unpaired) electrons. The van der Waals surface area contributed by atoms with Gasteiger partial charge in [-0.25, -0.2) is 9.97 Å². The fraction of sp³-hybridized carbons (Fsp3) is 0. The lowest BCUT2D eigenvalue weighted by Crippen LogP contribution is -2.10. The van der Waals surface area contributed by atoms with E-state index in [1.54, 1.807) is 12.4 Å². The summed E-state index contributed by atoms with van der Waals surface area (Å²) in [6, 6.07) is 57.9. The van der Waals surface area contributed by atoms with Crippen LogP contribution in [0.15, 0.2) is 189 Å². The second-order valence-electron chi connectivity index (χ2n) is 12.2. The number of benzene rings is 6. The van der Waals surface area contributed by atoms with Crippen LogP contribution in [-0.4, -0.2) is 19.5 Å². The van der Waals surface area contributed by atoms with Gasteiger partial charge in [-0.05, 0) is 102 Å². The molecule has 0 fully saturated rings. The van der Waals surface area contributed by atoms with Crippen molar-refractivity contribution < 1.29 is 0 Å². The van der Waals surface area contributed by atoms with Crippen molar-refractivity contribution in [1.82, 2.24) is 19.5 Å². The normalized spacial score (nSPS) is 11.2. The molecular formula is C45H31N5. The molecule has 9 rings (SSSR count). The summed E-state index contributed by atoms with van der Waals surface area (Å²) in [5, 5.41) is 2.39. The number of rotatable bonds is 7. The third kappa shape index (κ3) is 5.27. The van der Waals surface area contributed by atoms with Crippen molar-refractivity contribution in [3.05, 3.63) is 189 Å². The molecule has 0 unspecified atom stereocenters. The SMILES string of the molecule is c1ccc(-c2cc(N(c3ccc(-c4ccncc4)cc3)c3ccc(-c4ncccn4)cc3)cc3c4ccccc4n(-c4ccccc4)c23)cc1. The predicted octanol–water partition coefficient (Wildman–Crippen LogP) is 11.4. The second-order valence-corrected chi connectivity index (χ2v) is 12.2. The molecule has 6 aromatic carbocycles. The van der Waals surface area contributed by atoms with Crippen LogP contribution < -0.4 is 4.90 Å². The molecule has 0 saturated carbocycles. The Morgan fingerprint density at radius 1 is 0.420 bits per heavy atom. The Labute approximate surface area is 290 Å². The second kappa shape index (κ2) is 12.6. The lowest BCUT2D eigenvalue weighted by Gasteiger charge is -2.27. The van der Waals surface area contributed by atoms with E-state index in [1.165, 1.54) is 21.8 Å². The van der Waals surface area contributed by atoms with Gasteiger partial charge in [-0.3, -0.25) is 4.98 Å². The quantitative estimate of drug-likeness (QED) is 0.174. The van der Waals surface area contributed by atoms with Crippen molar-refractivity contribution in [2.45, 2.75) is 0 Å². The Kier molecular flexibility index (Phi) is 7.41. The van der Waals surface area contributed by atoms with Gasteiger partial charge in [-0.2, -0.15) is 0 Å². The minimum atomic E-state index is 0.703. The zero-order valence-electron chi connectivity index (χ0n) is 27.1. The molecule has 0 amide bonds. The van der Waals surface area contributed by atoms with Crippen LogP contribution in [0, 0.1) is 0 Å². The van der Waals surface area contributed by atoms with Gasteiger partial charge in [0.1, 0.15) is 0 Å². The Morgan fingerprint density at radius 3 is 1.72 bits per heavy atom. The number of hydrogen-bond acceptors (Lipinski definition) is 4. The van der Waals surface area contributed by atoms with E-state index >= 15 is 0 Å². The van der Waals surface area contributed by atoms with E-state index in [0.29, 0.717) is 5.82 Å². The minimum Gasteiger partial charge on any atom is -0.310 e. The molecule has 3 heterocycles. The van der Waals surface area contributed by atoms with E-state index in [1.807, 2.05) is 30.6 Å². The molecular weight excluding hydrogens is 611 g/mol. The molecule has 50 heavy (non-hydrogen) atoms. The Balaban J connectivity index is 1.30. The molecule has 3 aromatic heterocycles. The zero-order chi connectivity index (χ0) is 33.3. The average molecular weight is 642 g/mol. The van der Waals surface area contributed by atoms with Crippen LogP contribution in [0.25, 0.3) is 61.1 Å². The average Bonchev–Trinajstić information content (AvgIpc) is 3.54. The van der Waals surface area contributed by atoms with Gasteiger partial charge in [0.25, 0.3) is 0 Å². The molecule has 236 valence electrons. The highest BCUT2D eigenvalue weighted by atomic mass is 15.1. The molecule has 0 N–H and O–H groups in total. The largest absolute Gasteiger partial charge is 0.310 e. The van der Waals surface area contributed by atoms with Crippen molar-refractivity contribution in [3.8, 4) is 39.3 Å². The number of nitrogens with zero attached hydrogens (tertiary/aromatic N) is 5. The van der Waals surface area contributed by atoms with Crippen molar-refractivity contribution in [2.75, 3.05) is 4.90 Å². The van der Waals surface area contributed by atoms with Crippen LogP contribution in [0.1, 0.15) is 0 Å². The molecule has 0 atom stereocenters. The smallest absolute Gasteiger partial charge is 0.159 e. The van der Waals surface area contributed by atoms with Crippen LogP contribution in [0.5, 0.6) is 0 Å². The van der Waals surface area contributed by atoms with Crippen molar-refractivity contribution in [1.29, 1.82) is 0 Å². The maximum absolute atomic E-state index is 4.48. The van der Waals surface area contributed by atoms with E-state index < -0.39 is 0 Å². The topological polar surface area (TPSA) is 46.8 Å². The van der Waals surface area contributed by atoms with Crippen molar-refractivity contribution in [3.63, 3.8) is 0 Å². The van der Waals surface area contributed by atoms with E-state index in [4.69, 9.17) is 0 Å². The van der Waals surface area contributed by atoms with Crippen molar-refractivity contribution in [2.24, 2.45) is 0 Å². The van der Waals surface area contributed by atoms with Gasteiger partial charge in [-0.1, -0.05) is 78.9 Å². The van der Waals surface area contributed by atoms with Crippen LogP contribution in [0.2, 0.25) is 0 Å². The van der Waals surface area contributed by atoms with Gasteiger partial charge in [0, 0.05) is 69.4 Å². The van der Waals surface area contributed by atoms with Crippen LogP contribution in [-0.2, 0) is 0 Å². The Hall–Kier alpha value is -6.85. The van der Waals surface area contributed by atoms with E-state index in [9.17, 15) is 0 Å². The van der Waals surface area contributed by atoms with Gasteiger partial charge in [0.2, 0.25) is 0 Å². The monoisotopic (exact) mass is 641 g/mol. The Morgan fingerprint density at radius 2 is 1.02 bits per heavy atom. The summed E-state index contributed by atoms with van der Waals surface area (Å²) in [6.07, 6.45) is 7.22. The first-order valence-corrected chi connectivity index (χ1v) is 16.7. The van der Waals surface area contributed by atoms with E-state index in [0.717, 1.165) is 50.6 Å². The lowest BCUT2D eigenvalue weighted by molar-refractivity contribution is 1.17. The first kappa shape index (κ1) is 29.3.